The molecule has 3 heteroatoms. The van der Waals surface area contributed by atoms with Crippen molar-refractivity contribution in [2.75, 3.05) is 0 Å². The average Bonchev–Trinajstić information content (AvgIpc) is 1.91. The fourth-order valence-electron chi connectivity index (χ4n) is 0.575. The summed E-state index contributed by atoms with van der Waals surface area (Å²) in [6, 6.07) is 3.71. The number of pyridine rings is 1. The third kappa shape index (κ3) is 1.79. The Kier molecular flexibility index (Phi) is 2.18. The summed E-state index contributed by atoms with van der Waals surface area (Å²) < 4.78 is 0. The van der Waals surface area contributed by atoms with E-state index in [9.17, 15) is 0 Å². The molecule has 9 heavy (non-hydrogen) atoms. The summed E-state index contributed by atoms with van der Waals surface area (Å²) in [5.41, 5.74) is 1.03. The van der Waals surface area contributed by atoms with E-state index in [1.54, 1.807) is 12.4 Å². The van der Waals surface area contributed by atoms with E-state index in [4.69, 9.17) is 5.90 Å². The molecule has 0 fully saturated rings. The molecule has 0 amide bonds. The Bertz CT molecular complexity index is 164. The smallest absolute Gasteiger partial charge is 0.0931 e. The van der Waals surface area contributed by atoms with Crippen LogP contribution in [0, 0.1) is 0 Å². The van der Waals surface area contributed by atoms with Crippen molar-refractivity contribution in [2.24, 2.45) is 5.90 Å². The third-order valence-corrected chi connectivity index (χ3v) is 0.999. The Morgan fingerprint density at radius 3 is 2.67 bits per heavy atom. The Hall–Kier alpha value is -0.930. The maximum atomic E-state index is 4.84. The van der Waals surface area contributed by atoms with Gasteiger partial charge in [-0.3, -0.25) is 9.82 Å². The van der Waals surface area contributed by atoms with Crippen LogP contribution in [0.1, 0.15) is 5.56 Å². The Morgan fingerprint density at radius 2 is 2.11 bits per heavy atom. The minimum absolute atomic E-state index is 0.447. The van der Waals surface area contributed by atoms with Gasteiger partial charge in [0.15, 0.2) is 0 Å². The molecule has 0 aliphatic heterocycles. The number of aromatic nitrogens is 1. The second-order valence-electron chi connectivity index (χ2n) is 1.67. The van der Waals surface area contributed by atoms with Gasteiger partial charge in [0, 0.05) is 12.4 Å². The van der Waals surface area contributed by atoms with Gasteiger partial charge >= 0.3 is 0 Å². The van der Waals surface area contributed by atoms with Gasteiger partial charge in [0.1, 0.15) is 0 Å². The van der Waals surface area contributed by atoms with Gasteiger partial charge in [0.25, 0.3) is 0 Å². The fourth-order valence-corrected chi connectivity index (χ4v) is 0.575. The van der Waals surface area contributed by atoms with Crippen molar-refractivity contribution in [3.63, 3.8) is 0 Å². The number of rotatable bonds is 2. The summed E-state index contributed by atoms with van der Waals surface area (Å²) >= 11 is 0. The van der Waals surface area contributed by atoms with Gasteiger partial charge in [-0.2, -0.15) is 0 Å². The number of nitrogens with two attached hydrogens (primary N) is 1. The molecule has 0 radical (unpaired) electrons. The summed E-state index contributed by atoms with van der Waals surface area (Å²) in [6.45, 7) is 0.447. The highest BCUT2D eigenvalue weighted by atomic mass is 16.6. The van der Waals surface area contributed by atoms with Crippen molar-refractivity contribution in [3.05, 3.63) is 30.1 Å². The lowest BCUT2D eigenvalue weighted by Gasteiger charge is -1.94. The van der Waals surface area contributed by atoms with E-state index in [-0.39, 0.29) is 0 Å². The molecule has 1 heterocycles. The van der Waals surface area contributed by atoms with E-state index >= 15 is 0 Å². The van der Waals surface area contributed by atoms with Crippen LogP contribution in [0.25, 0.3) is 0 Å². The predicted octanol–water partition coefficient (Wildman–Crippen LogP) is 0.472. The van der Waals surface area contributed by atoms with Gasteiger partial charge in [0.2, 0.25) is 0 Å². The van der Waals surface area contributed by atoms with Crippen LogP contribution in [0.15, 0.2) is 24.5 Å². The summed E-state index contributed by atoms with van der Waals surface area (Å²) in [4.78, 5) is 8.23. The van der Waals surface area contributed by atoms with Crippen LogP contribution in [0.3, 0.4) is 0 Å². The van der Waals surface area contributed by atoms with Crippen molar-refractivity contribution in [1.82, 2.24) is 4.98 Å². The highest BCUT2D eigenvalue weighted by molar-refractivity contribution is 5.07. The highest BCUT2D eigenvalue weighted by Crippen LogP contribution is 1.95. The predicted molar refractivity (Wildman–Crippen MR) is 33.2 cm³/mol. The number of hydrogen-bond donors (Lipinski definition) is 1. The zero-order valence-corrected chi connectivity index (χ0v) is 4.95. The summed E-state index contributed by atoms with van der Waals surface area (Å²) in [7, 11) is 0. The van der Waals surface area contributed by atoms with Gasteiger partial charge in [-0.1, -0.05) is 0 Å². The minimum Gasteiger partial charge on any atom is -0.300 e. The molecule has 1 aromatic heterocycles. The van der Waals surface area contributed by atoms with Crippen molar-refractivity contribution in [3.8, 4) is 0 Å². The van der Waals surface area contributed by atoms with E-state index in [2.05, 4.69) is 9.82 Å². The fraction of sp³-hybridized carbons (Fsp3) is 0.167. The van der Waals surface area contributed by atoms with Crippen LogP contribution < -0.4 is 5.90 Å². The SMILES string of the molecule is NOCc1ccncc1. The van der Waals surface area contributed by atoms with E-state index < -0.39 is 0 Å². The van der Waals surface area contributed by atoms with Crippen LogP contribution in [0.4, 0.5) is 0 Å². The lowest BCUT2D eigenvalue weighted by Crippen LogP contribution is -1.98. The van der Waals surface area contributed by atoms with Gasteiger partial charge in [-0.05, 0) is 17.7 Å². The van der Waals surface area contributed by atoms with Crippen molar-refractivity contribution >= 4 is 0 Å². The average molecular weight is 124 g/mol. The summed E-state index contributed by atoms with van der Waals surface area (Å²) in [5.74, 6) is 4.84. The Labute approximate surface area is 53.4 Å². The van der Waals surface area contributed by atoms with Crippen LogP contribution in [0.2, 0.25) is 0 Å². The van der Waals surface area contributed by atoms with Crippen molar-refractivity contribution < 1.29 is 4.84 Å². The number of nitrogens with zero attached hydrogens (tertiary/aromatic N) is 1. The monoisotopic (exact) mass is 124 g/mol. The largest absolute Gasteiger partial charge is 0.300 e. The first-order valence-electron chi connectivity index (χ1n) is 2.64. The van der Waals surface area contributed by atoms with E-state index in [0.29, 0.717) is 6.61 Å². The maximum Gasteiger partial charge on any atom is 0.0931 e. The zero-order valence-electron chi connectivity index (χ0n) is 4.95. The van der Waals surface area contributed by atoms with E-state index in [1.807, 2.05) is 12.1 Å². The van der Waals surface area contributed by atoms with Crippen LogP contribution in [0.5, 0.6) is 0 Å². The molecule has 0 aromatic carbocycles. The normalized spacial score (nSPS) is 9.44. The second-order valence-corrected chi connectivity index (χ2v) is 1.67. The van der Waals surface area contributed by atoms with Gasteiger partial charge in [-0.25, -0.2) is 5.90 Å². The highest BCUT2D eigenvalue weighted by Gasteiger charge is 1.85. The molecule has 48 valence electrons. The third-order valence-electron chi connectivity index (χ3n) is 0.999. The minimum atomic E-state index is 0.447. The van der Waals surface area contributed by atoms with E-state index in [1.165, 1.54) is 0 Å². The quantitative estimate of drug-likeness (QED) is 0.583. The second kappa shape index (κ2) is 3.17. The zero-order chi connectivity index (χ0) is 6.53. The lowest BCUT2D eigenvalue weighted by atomic mass is 10.3. The molecule has 2 N–H and O–H groups in total. The van der Waals surface area contributed by atoms with Crippen molar-refractivity contribution in [1.29, 1.82) is 0 Å². The van der Waals surface area contributed by atoms with Gasteiger partial charge in [-0.15, -0.1) is 0 Å². The van der Waals surface area contributed by atoms with Crippen LogP contribution >= 0.6 is 0 Å². The summed E-state index contributed by atoms with van der Waals surface area (Å²) in [6.07, 6.45) is 3.41. The maximum absolute atomic E-state index is 4.84. The molecule has 0 unspecified atom stereocenters. The van der Waals surface area contributed by atoms with Crippen LogP contribution in [-0.2, 0) is 11.4 Å². The molecule has 0 spiro atoms. The lowest BCUT2D eigenvalue weighted by molar-refractivity contribution is 0.124. The molecule has 1 aromatic rings. The standard InChI is InChI=1S/C6H8N2O/c7-9-5-6-1-3-8-4-2-6/h1-4H,5,7H2. The molecule has 0 saturated carbocycles. The van der Waals surface area contributed by atoms with Gasteiger partial charge < -0.3 is 0 Å². The molecule has 0 saturated heterocycles. The van der Waals surface area contributed by atoms with Gasteiger partial charge in [0.05, 0.1) is 6.61 Å². The Morgan fingerprint density at radius 1 is 1.44 bits per heavy atom. The molecular weight excluding hydrogens is 116 g/mol. The molecule has 0 aliphatic rings. The summed E-state index contributed by atoms with van der Waals surface area (Å²) in [5, 5.41) is 0. The molecule has 0 bridgehead atoms. The first-order valence-corrected chi connectivity index (χ1v) is 2.64. The molecule has 3 nitrogen and oxygen atoms in total. The number of hydrogen-bond acceptors (Lipinski definition) is 3. The first kappa shape index (κ1) is 6.19. The van der Waals surface area contributed by atoms with Crippen molar-refractivity contribution in [2.45, 2.75) is 6.61 Å². The molecular formula is C6H8N2O. The molecule has 1 rings (SSSR count). The van der Waals surface area contributed by atoms with Crippen LogP contribution in [-0.4, -0.2) is 4.98 Å². The first-order chi connectivity index (χ1) is 4.43. The molecule has 0 aliphatic carbocycles. The Balaban J connectivity index is 2.61. The van der Waals surface area contributed by atoms with E-state index in [0.717, 1.165) is 5.56 Å². The topological polar surface area (TPSA) is 48.1 Å². The molecule has 0 atom stereocenters.